The molecule has 0 fully saturated rings. The first kappa shape index (κ1) is 30.7. The SMILES string of the molecule is CN1[CH-]N(c2[c-]c(Oc3[c-]c4c(cc3)c3ccccc3n4-c3ccccn3)ccc2)c2ccccc2-c2ccccc2-c2ccccc21.[Pt]. The van der Waals surface area contributed by atoms with Crippen LogP contribution in [0, 0.1) is 18.8 Å². The van der Waals surface area contributed by atoms with Crippen molar-refractivity contribution in [2.45, 2.75) is 0 Å². The van der Waals surface area contributed by atoms with E-state index >= 15 is 0 Å². The van der Waals surface area contributed by atoms with E-state index in [0.29, 0.717) is 11.5 Å². The van der Waals surface area contributed by atoms with Crippen LogP contribution in [0.2, 0.25) is 0 Å². The number of anilines is 3. The van der Waals surface area contributed by atoms with Crippen molar-refractivity contribution in [1.29, 1.82) is 0 Å². The maximum atomic E-state index is 6.51. The smallest absolute Gasteiger partial charge is 0.135 e. The first-order valence-electron chi connectivity index (χ1n) is 15.9. The molecular weight excluding hydrogens is 784 g/mol. The van der Waals surface area contributed by atoms with E-state index in [2.05, 4.69) is 154 Å². The zero-order valence-electron chi connectivity index (χ0n) is 26.5. The second-order valence-corrected chi connectivity index (χ2v) is 11.8. The Kier molecular flexibility index (Phi) is 7.99. The van der Waals surface area contributed by atoms with E-state index < -0.39 is 0 Å². The topological polar surface area (TPSA) is 33.5 Å². The fourth-order valence-corrected chi connectivity index (χ4v) is 6.78. The average Bonchev–Trinajstić information content (AvgIpc) is 3.49. The number of nitrogens with zero attached hydrogens (tertiary/aromatic N) is 4. The summed E-state index contributed by atoms with van der Waals surface area (Å²) in [6.07, 6.45) is 1.81. The van der Waals surface area contributed by atoms with Gasteiger partial charge in [-0.3, -0.25) is 0 Å². The van der Waals surface area contributed by atoms with Gasteiger partial charge in [0.2, 0.25) is 0 Å². The van der Waals surface area contributed by atoms with Crippen molar-refractivity contribution in [1.82, 2.24) is 9.55 Å². The number of hydrogen-bond acceptors (Lipinski definition) is 4. The fraction of sp³-hybridized carbons (Fsp3) is 0.0233. The molecule has 3 heterocycles. The third kappa shape index (κ3) is 5.37. The van der Waals surface area contributed by atoms with Gasteiger partial charge in [-0.1, -0.05) is 90.4 Å². The van der Waals surface area contributed by atoms with Gasteiger partial charge in [-0.25, -0.2) is 4.98 Å². The number of aromatic nitrogens is 2. The van der Waals surface area contributed by atoms with Crippen LogP contribution in [0.5, 0.6) is 11.5 Å². The summed E-state index contributed by atoms with van der Waals surface area (Å²) in [7, 11) is 2.09. The summed E-state index contributed by atoms with van der Waals surface area (Å²) in [5, 5.41) is 2.23. The van der Waals surface area contributed by atoms with Crippen LogP contribution in [0.1, 0.15) is 0 Å². The van der Waals surface area contributed by atoms with Gasteiger partial charge in [0.15, 0.2) is 0 Å². The van der Waals surface area contributed by atoms with E-state index in [4.69, 9.17) is 4.74 Å². The van der Waals surface area contributed by atoms with E-state index in [1.807, 2.05) is 42.6 Å². The molecule has 1 aliphatic rings. The largest absolute Gasteiger partial charge is 0.509 e. The summed E-state index contributed by atoms with van der Waals surface area (Å²) in [5.41, 5.74) is 9.67. The maximum Gasteiger partial charge on any atom is 0.135 e. The van der Waals surface area contributed by atoms with Crippen molar-refractivity contribution < 1.29 is 25.8 Å². The molecule has 0 atom stereocenters. The Labute approximate surface area is 299 Å². The van der Waals surface area contributed by atoms with Crippen molar-refractivity contribution in [2.75, 3.05) is 16.8 Å². The van der Waals surface area contributed by atoms with Crippen molar-refractivity contribution in [2.24, 2.45) is 0 Å². The quantitative estimate of drug-likeness (QED) is 0.166. The molecule has 0 spiro atoms. The van der Waals surface area contributed by atoms with Gasteiger partial charge in [0.25, 0.3) is 0 Å². The summed E-state index contributed by atoms with van der Waals surface area (Å²) < 4.78 is 8.65. The van der Waals surface area contributed by atoms with Gasteiger partial charge < -0.3 is 19.1 Å². The van der Waals surface area contributed by atoms with Crippen LogP contribution in [-0.2, 0) is 21.1 Å². The Morgan fingerprint density at radius 3 is 2.00 bits per heavy atom. The Bertz CT molecular complexity index is 2460. The molecule has 6 aromatic carbocycles. The molecule has 0 aliphatic carbocycles. The summed E-state index contributed by atoms with van der Waals surface area (Å²) in [5.74, 6) is 2.03. The van der Waals surface area contributed by atoms with Crippen LogP contribution >= 0.6 is 0 Å². The van der Waals surface area contributed by atoms with Gasteiger partial charge in [-0.15, -0.1) is 41.4 Å². The molecule has 6 heteroatoms. The van der Waals surface area contributed by atoms with Gasteiger partial charge in [-0.2, -0.15) is 18.8 Å². The fourth-order valence-electron chi connectivity index (χ4n) is 6.78. The van der Waals surface area contributed by atoms with Crippen LogP contribution in [0.15, 0.2) is 152 Å². The summed E-state index contributed by atoms with van der Waals surface area (Å²) in [6.45, 7) is 2.13. The third-order valence-corrected chi connectivity index (χ3v) is 8.91. The number of rotatable bonds is 4. The molecule has 0 N–H and O–H groups in total. The predicted molar refractivity (Wildman–Crippen MR) is 195 cm³/mol. The second-order valence-electron chi connectivity index (χ2n) is 11.8. The number of pyridine rings is 1. The van der Waals surface area contributed by atoms with Crippen LogP contribution in [0.25, 0.3) is 49.9 Å². The van der Waals surface area contributed by atoms with Crippen LogP contribution in [-0.4, -0.2) is 16.6 Å². The Morgan fingerprint density at radius 2 is 1.22 bits per heavy atom. The monoisotopic (exact) mass is 812 g/mol. The molecule has 2 aromatic heterocycles. The standard InChI is InChI=1S/C43H29N4O.Pt/c1-45-29-46(40-21-8-5-18-36(40)34-16-3-2-15-33(34)35-17-4-7-20-39(35)45)30-13-12-14-31(27-30)48-32-24-25-38-37-19-6-9-22-41(37)47(42(38)28-32)43-23-10-11-26-44-43;/h2-26,29H,1H3;/q-3;. The second kappa shape index (κ2) is 12.8. The van der Waals surface area contributed by atoms with Crippen LogP contribution in [0.3, 0.4) is 0 Å². The normalized spacial score (nSPS) is 12.3. The van der Waals surface area contributed by atoms with Crippen LogP contribution in [0.4, 0.5) is 17.1 Å². The summed E-state index contributed by atoms with van der Waals surface area (Å²) in [4.78, 5) is 9.02. The maximum absolute atomic E-state index is 6.51. The molecule has 0 unspecified atom stereocenters. The van der Waals surface area contributed by atoms with Gasteiger partial charge in [0.1, 0.15) is 5.82 Å². The zero-order valence-corrected chi connectivity index (χ0v) is 28.8. The van der Waals surface area contributed by atoms with E-state index in [0.717, 1.165) is 50.2 Å². The minimum Gasteiger partial charge on any atom is -0.509 e. The molecule has 0 saturated carbocycles. The number of ether oxygens (including phenoxy) is 1. The molecule has 8 aromatic rings. The number of fused-ring (bicyclic) bond motifs is 8. The molecule has 0 bridgehead atoms. The zero-order chi connectivity index (χ0) is 32.0. The molecular formula is C43H29N4OPt-3. The van der Waals surface area contributed by atoms with Gasteiger partial charge in [0.05, 0.1) is 0 Å². The number of para-hydroxylation sites is 3. The van der Waals surface area contributed by atoms with E-state index in [1.165, 1.54) is 16.7 Å². The van der Waals surface area contributed by atoms with Crippen molar-refractivity contribution >= 4 is 38.9 Å². The Morgan fingerprint density at radius 1 is 0.571 bits per heavy atom. The van der Waals surface area contributed by atoms with Crippen molar-refractivity contribution in [3.63, 3.8) is 0 Å². The minimum absolute atomic E-state index is 0. The number of hydrogen-bond donors (Lipinski definition) is 0. The van der Waals surface area contributed by atoms with Crippen molar-refractivity contribution in [3.8, 4) is 39.6 Å². The first-order valence-corrected chi connectivity index (χ1v) is 15.9. The Hall–Kier alpha value is -5.64. The van der Waals surface area contributed by atoms with Gasteiger partial charge in [-0.05, 0) is 53.9 Å². The Balaban J connectivity index is 0.00000348. The third-order valence-electron chi connectivity index (χ3n) is 8.91. The van der Waals surface area contributed by atoms with Crippen molar-refractivity contribution in [3.05, 3.63) is 171 Å². The minimum atomic E-state index is 0. The van der Waals surface area contributed by atoms with E-state index in [1.54, 1.807) is 0 Å². The van der Waals surface area contributed by atoms with E-state index in [9.17, 15) is 0 Å². The molecule has 1 aliphatic heterocycles. The molecule has 5 nitrogen and oxygen atoms in total. The van der Waals surface area contributed by atoms with E-state index in [-0.39, 0.29) is 21.1 Å². The summed E-state index contributed by atoms with van der Waals surface area (Å²) >= 11 is 0. The molecule has 9 rings (SSSR count). The predicted octanol–water partition coefficient (Wildman–Crippen LogP) is 10.6. The van der Waals surface area contributed by atoms with Gasteiger partial charge in [0, 0.05) is 66.8 Å². The summed E-state index contributed by atoms with van der Waals surface area (Å²) in [6, 6.07) is 57.2. The number of benzene rings is 6. The van der Waals surface area contributed by atoms with Crippen LogP contribution < -0.4 is 14.5 Å². The average molecular weight is 813 g/mol. The molecule has 240 valence electrons. The molecule has 0 radical (unpaired) electrons. The molecule has 0 saturated heterocycles. The van der Waals surface area contributed by atoms with Gasteiger partial charge >= 0.3 is 0 Å². The first-order chi connectivity index (χ1) is 23.7. The molecule has 49 heavy (non-hydrogen) atoms. The molecule has 0 amide bonds.